The minimum atomic E-state index is -3.64. The van der Waals surface area contributed by atoms with Gasteiger partial charge in [-0.15, -0.1) is 0 Å². The van der Waals surface area contributed by atoms with Crippen LogP contribution in [-0.2, 0) is 21.9 Å². The van der Waals surface area contributed by atoms with E-state index in [4.69, 9.17) is 5.11 Å². The number of nitrogens with one attached hydrogen (secondary N) is 1. The number of aromatic nitrogens is 3. The van der Waals surface area contributed by atoms with Crippen LogP contribution in [0.5, 0.6) is 0 Å². The third-order valence-electron chi connectivity index (χ3n) is 4.82. The van der Waals surface area contributed by atoms with Gasteiger partial charge in [0, 0.05) is 6.42 Å². The van der Waals surface area contributed by atoms with Crippen molar-refractivity contribution in [2.75, 3.05) is 0 Å². The van der Waals surface area contributed by atoms with Crippen molar-refractivity contribution in [3.8, 4) is 5.13 Å². The number of carbonyl (C=O) groups is 1. The number of carboxylic acids is 1. The summed E-state index contributed by atoms with van der Waals surface area (Å²) in [7, 11) is -1.97. The van der Waals surface area contributed by atoms with Gasteiger partial charge in [0.1, 0.15) is 0 Å². The van der Waals surface area contributed by atoms with Crippen molar-refractivity contribution in [3.05, 3.63) is 34.9 Å². The summed E-state index contributed by atoms with van der Waals surface area (Å²) in [6.07, 6.45) is 3.59. The van der Waals surface area contributed by atoms with Gasteiger partial charge in [-0.3, -0.25) is 4.79 Å². The Bertz CT molecular complexity index is 1270. The monoisotopic (exact) mass is 444 g/mol. The first-order valence-corrected chi connectivity index (χ1v) is 11.7. The molecule has 0 saturated heterocycles. The fourth-order valence-electron chi connectivity index (χ4n) is 2.79. The second kappa shape index (κ2) is 8.32. The Morgan fingerprint density at radius 2 is 2.00 bits per heavy atom. The molecule has 0 radical (unpaired) electrons. The van der Waals surface area contributed by atoms with Crippen LogP contribution < -0.4 is 14.0 Å². The summed E-state index contributed by atoms with van der Waals surface area (Å²) >= 11 is 3.30. The first-order valence-electron chi connectivity index (χ1n) is 9.37. The van der Waals surface area contributed by atoms with Crippen LogP contribution in [0.4, 0.5) is 0 Å². The Hall–Kier alpha value is -1.90. The van der Waals surface area contributed by atoms with Gasteiger partial charge >= 0.3 is 164 Å². The number of hydrogen-bond donors (Lipinski definition) is 2. The van der Waals surface area contributed by atoms with Gasteiger partial charge in [0.2, 0.25) is 0 Å². The summed E-state index contributed by atoms with van der Waals surface area (Å²) in [5, 5.41) is 8.25. The van der Waals surface area contributed by atoms with Crippen molar-refractivity contribution >= 4 is 59.6 Å². The van der Waals surface area contributed by atoms with E-state index in [2.05, 4.69) is 9.71 Å². The van der Waals surface area contributed by atoms with E-state index in [-0.39, 0.29) is 22.5 Å². The summed E-state index contributed by atoms with van der Waals surface area (Å²) in [6, 6.07) is 4.74. The number of aliphatic carboxylic acids is 1. The summed E-state index contributed by atoms with van der Waals surface area (Å²) in [5.74, 6) is -0.745. The number of nitrogens with zero attached hydrogens (tertiary/aromatic N) is 3. The van der Waals surface area contributed by atoms with Gasteiger partial charge in [-0.1, -0.05) is 6.92 Å². The first kappa shape index (κ1) is 22.8. The van der Waals surface area contributed by atoms with Gasteiger partial charge in [-0.25, -0.2) is 0 Å². The van der Waals surface area contributed by atoms with E-state index in [1.54, 1.807) is 32.3 Å². The van der Waals surface area contributed by atoms with E-state index in [9.17, 15) is 18.0 Å². The van der Waals surface area contributed by atoms with E-state index in [0.717, 1.165) is 16.4 Å². The number of carboxylic acid groups (broad SMARTS) is 1. The molecule has 156 valence electrons. The average molecular weight is 444 g/mol. The normalized spacial score (nSPS) is 15.0. The number of aryl methyl sites for hydroxylation is 1. The van der Waals surface area contributed by atoms with E-state index >= 15 is 0 Å². The molecule has 2 aromatic heterocycles. The molecule has 3 aromatic rings. The van der Waals surface area contributed by atoms with Crippen molar-refractivity contribution in [3.63, 3.8) is 0 Å². The molecular weight excluding hydrogens is 423 g/mol. The SMILES string of the molecule is CCC(=O)O.[Li][c]1cnc(-n2c(=O)n(C)c3ccc(S(=O)(=O)NC4(C)CC4)cc32)s1. The fourth-order valence-corrected chi connectivity index (χ4v) is 5.04. The molecule has 1 aliphatic rings. The molecule has 1 saturated carbocycles. The molecule has 0 aliphatic heterocycles. The molecule has 1 fully saturated rings. The predicted octanol–water partition coefficient (Wildman–Crippen LogP) is 0.891. The van der Waals surface area contributed by atoms with Crippen LogP contribution >= 0.6 is 11.3 Å². The van der Waals surface area contributed by atoms with Crippen LogP contribution in [0, 0.1) is 0 Å². The van der Waals surface area contributed by atoms with Crippen molar-refractivity contribution in [1.82, 2.24) is 18.8 Å². The molecule has 1 aromatic carbocycles. The number of hydrogen-bond acceptors (Lipinski definition) is 6. The maximum absolute atomic E-state index is 12.7. The maximum atomic E-state index is 12.7. The zero-order valence-electron chi connectivity index (χ0n) is 17.2. The van der Waals surface area contributed by atoms with Gasteiger partial charge in [-0.05, 0) is 0 Å². The topological polar surface area (TPSA) is 123 Å². The van der Waals surface area contributed by atoms with Gasteiger partial charge in [-0.2, -0.15) is 0 Å². The molecule has 0 amide bonds. The predicted molar refractivity (Wildman–Crippen MR) is 115 cm³/mol. The number of rotatable bonds is 5. The third kappa shape index (κ3) is 4.71. The Labute approximate surface area is 187 Å². The Morgan fingerprint density at radius 3 is 2.50 bits per heavy atom. The van der Waals surface area contributed by atoms with Crippen molar-refractivity contribution in [1.29, 1.82) is 0 Å². The van der Waals surface area contributed by atoms with Gasteiger partial charge < -0.3 is 5.11 Å². The molecule has 30 heavy (non-hydrogen) atoms. The summed E-state index contributed by atoms with van der Waals surface area (Å²) < 4.78 is 32.0. The van der Waals surface area contributed by atoms with Crippen LogP contribution in [0.25, 0.3) is 16.2 Å². The summed E-state index contributed by atoms with van der Waals surface area (Å²) in [6.45, 7) is 3.49. The fraction of sp³-hybridized carbons (Fsp3) is 0.389. The number of fused-ring (bicyclic) bond motifs is 1. The molecule has 0 bridgehead atoms. The van der Waals surface area contributed by atoms with E-state index < -0.39 is 16.0 Å². The van der Waals surface area contributed by atoms with Crippen molar-refractivity contribution in [2.45, 2.75) is 43.5 Å². The molecule has 9 nitrogen and oxygen atoms in total. The van der Waals surface area contributed by atoms with Crippen LogP contribution in [0.15, 0.2) is 34.1 Å². The van der Waals surface area contributed by atoms with Crippen molar-refractivity contribution < 1.29 is 18.3 Å². The standard InChI is InChI=1S/C15H15N4O3S2.C3H6O2.Li/c1-15(5-6-15)17-24(21,22)10-3-4-11-12(9-10)19(14(20)18(11)2)13-16-7-8-23-13;1-2-3(4)5;/h3-4,7,9,17H,5-6H2,1-2H3;2H2,1H3,(H,4,5);. The number of sulfonamides is 1. The molecule has 0 atom stereocenters. The Morgan fingerprint density at radius 1 is 1.37 bits per heavy atom. The first-order chi connectivity index (χ1) is 14.0. The number of benzene rings is 1. The average Bonchev–Trinajstić information content (AvgIpc) is 3.14. The molecule has 0 spiro atoms. The van der Waals surface area contributed by atoms with Crippen LogP contribution in [0.1, 0.15) is 33.1 Å². The van der Waals surface area contributed by atoms with Crippen LogP contribution in [-0.4, -0.2) is 56.9 Å². The van der Waals surface area contributed by atoms with Crippen molar-refractivity contribution in [2.24, 2.45) is 7.05 Å². The van der Waals surface area contributed by atoms with Gasteiger partial charge in [0.25, 0.3) is 0 Å². The number of thiazole rings is 1. The quantitative estimate of drug-likeness (QED) is 0.564. The number of imidazole rings is 1. The van der Waals surface area contributed by atoms with Crippen LogP contribution in [0.2, 0.25) is 0 Å². The van der Waals surface area contributed by atoms with Gasteiger partial charge in [0.05, 0.1) is 0 Å². The molecule has 1 aliphatic carbocycles. The summed E-state index contributed by atoms with van der Waals surface area (Å²) in [4.78, 5) is 26.4. The Kier molecular flexibility index (Phi) is 6.32. The van der Waals surface area contributed by atoms with E-state index in [1.807, 2.05) is 24.6 Å². The molecule has 2 N–H and O–H groups in total. The second-order valence-electron chi connectivity index (χ2n) is 7.49. The zero-order valence-corrected chi connectivity index (χ0v) is 18.8. The minimum absolute atomic E-state index is 0.153. The zero-order chi connectivity index (χ0) is 22.3. The molecule has 0 unspecified atom stereocenters. The molecular formula is C18H21LiN4O5S2. The van der Waals surface area contributed by atoms with Crippen LogP contribution in [0.3, 0.4) is 0 Å². The third-order valence-corrected chi connectivity index (χ3v) is 7.36. The van der Waals surface area contributed by atoms with E-state index in [0.29, 0.717) is 16.2 Å². The van der Waals surface area contributed by atoms with Gasteiger partial charge in [0.15, 0.2) is 0 Å². The molecule has 12 heteroatoms. The van der Waals surface area contributed by atoms with E-state index in [1.165, 1.54) is 26.5 Å². The second-order valence-corrected chi connectivity index (χ2v) is 10.4. The molecule has 2 heterocycles. The molecule has 4 rings (SSSR count). The Balaban J connectivity index is 0.000000461. The summed E-state index contributed by atoms with van der Waals surface area (Å²) in [5.41, 5.74) is 0.595.